The molecule has 5 nitrogen and oxygen atoms in total. The third-order valence-electron chi connectivity index (χ3n) is 6.38. The van der Waals surface area contributed by atoms with E-state index in [0.717, 1.165) is 25.1 Å². The van der Waals surface area contributed by atoms with E-state index in [1.54, 1.807) is 0 Å². The maximum Gasteiger partial charge on any atom is 0.243 e. The van der Waals surface area contributed by atoms with Gasteiger partial charge in [0.25, 0.3) is 0 Å². The van der Waals surface area contributed by atoms with E-state index in [4.69, 9.17) is 0 Å². The number of unbranched alkanes of at least 4 members (excludes halogenated alkanes) is 3. The number of hydrogen-bond donors (Lipinski definition) is 3. The van der Waals surface area contributed by atoms with E-state index in [1.807, 2.05) is 7.05 Å². The summed E-state index contributed by atoms with van der Waals surface area (Å²) in [5.41, 5.74) is 5.18. The van der Waals surface area contributed by atoms with Crippen molar-refractivity contribution in [3.05, 3.63) is 23.3 Å². The molecule has 0 aromatic heterocycles. The summed E-state index contributed by atoms with van der Waals surface area (Å²) in [5, 5.41) is 16.6. The van der Waals surface area contributed by atoms with Crippen LogP contribution in [0.2, 0.25) is 0 Å². The van der Waals surface area contributed by atoms with Gasteiger partial charge in [0.15, 0.2) is 0 Å². The molecule has 0 radical (unpaired) electrons. The minimum absolute atomic E-state index is 0.0156. The number of nitrogens with zero attached hydrogens (tertiary/aromatic N) is 1. The second-order valence-corrected chi connectivity index (χ2v) is 8.84. The van der Waals surface area contributed by atoms with Crippen LogP contribution in [0.3, 0.4) is 0 Å². The van der Waals surface area contributed by atoms with Crippen LogP contribution < -0.4 is 15.5 Å². The number of aliphatic hydroxyl groups is 1. The third kappa shape index (κ3) is 4.14. The number of benzene rings is 1. The van der Waals surface area contributed by atoms with Gasteiger partial charge >= 0.3 is 0 Å². The van der Waals surface area contributed by atoms with Crippen molar-refractivity contribution in [3.8, 4) is 0 Å². The van der Waals surface area contributed by atoms with Crippen molar-refractivity contribution in [2.24, 2.45) is 5.92 Å². The highest BCUT2D eigenvalue weighted by Crippen LogP contribution is 2.44. The Bertz CT molecular complexity index is 689. The Hall–Kier alpha value is -1.75. The second-order valence-electron chi connectivity index (χ2n) is 8.84. The molecule has 0 saturated carbocycles. The Labute approximate surface area is 169 Å². The summed E-state index contributed by atoms with van der Waals surface area (Å²) < 4.78 is 0. The predicted molar refractivity (Wildman–Crippen MR) is 116 cm³/mol. The van der Waals surface area contributed by atoms with Crippen LogP contribution in [-0.4, -0.2) is 43.3 Å². The number of nitrogens with one attached hydrogen (secondary N) is 2. The molecule has 0 bridgehead atoms. The Balaban J connectivity index is 1.99. The molecule has 2 heterocycles. The standard InChI is InChI=1S/C23H37N3O2/c1-5-6-7-8-9-16-10-11-19-20-17(13-24-21(16)20)12-18(14-27)25-23(28)22(15(2)3)26(19)4/h10-11,15,17-18,22,24,27H,5-9,12-14H2,1-4H3,(H,25,28)/t17-,18+,22+/m1/s1. The number of hydrogen-bond acceptors (Lipinski definition) is 4. The first-order valence-electron chi connectivity index (χ1n) is 11.0. The second kappa shape index (κ2) is 9.17. The first-order valence-corrected chi connectivity index (χ1v) is 11.0. The molecule has 0 fully saturated rings. The van der Waals surface area contributed by atoms with Crippen LogP contribution in [0.5, 0.6) is 0 Å². The normalized spacial score (nSPS) is 24.3. The summed E-state index contributed by atoms with van der Waals surface area (Å²) >= 11 is 0. The molecule has 2 aliphatic heterocycles. The summed E-state index contributed by atoms with van der Waals surface area (Å²) in [5.74, 6) is 0.507. The fraction of sp³-hybridized carbons (Fsp3) is 0.696. The van der Waals surface area contributed by atoms with E-state index in [1.165, 1.54) is 42.5 Å². The fourth-order valence-electron chi connectivity index (χ4n) is 4.95. The van der Waals surface area contributed by atoms with Crippen LogP contribution in [0, 0.1) is 5.92 Å². The van der Waals surface area contributed by atoms with E-state index >= 15 is 0 Å². The van der Waals surface area contributed by atoms with Crippen molar-refractivity contribution in [1.29, 1.82) is 0 Å². The first-order chi connectivity index (χ1) is 13.5. The Kier molecular flexibility index (Phi) is 6.86. The average molecular weight is 388 g/mol. The molecule has 3 atom stereocenters. The van der Waals surface area contributed by atoms with Gasteiger partial charge in [-0.25, -0.2) is 0 Å². The molecule has 28 heavy (non-hydrogen) atoms. The summed E-state index contributed by atoms with van der Waals surface area (Å²) in [6, 6.07) is 4.03. The van der Waals surface area contributed by atoms with Crippen LogP contribution in [0.15, 0.2) is 12.1 Å². The molecule has 2 aliphatic rings. The lowest BCUT2D eigenvalue weighted by Crippen LogP contribution is -2.51. The molecule has 0 saturated heterocycles. The molecule has 0 unspecified atom stereocenters. The van der Waals surface area contributed by atoms with E-state index < -0.39 is 0 Å². The van der Waals surface area contributed by atoms with Crippen LogP contribution in [0.4, 0.5) is 11.4 Å². The van der Waals surface area contributed by atoms with Crippen molar-refractivity contribution in [1.82, 2.24) is 5.32 Å². The number of amides is 1. The van der Waals surface area contributed by atoms with Gasteiger partial charge in [0.1, 0.15) is 6.04 Å². The number of aryl methyl sites for hydroxylation is 1. The van der Waals surface area contributed by atoms with E-state index in [0.29, 0.717) is 5.92 Å². The van der Waals surface area contributed by atoms with Gasteiger partial charge in [0, 0.05) is 36.4 Å². The zero-order valence-corrected chi connectivity index (χ0v) is 17.9. The first kappa shape index (κ1) is 21.0. The maximum absolute atomic E-state index is 13.0. The van der Waals surface area contributed by atoms with Crippen LogP contribution in [-0.2, 0) is 11.2 Å². The summed E-state index contributed by atoms with van der Waals surface area (Å²) in [7, 11) is 2.04. The van der Waals surface area contributed by atoms with E-state index in [2.05, 4.69) is 48.4 Å². The zero-order valence-electron chi connectivity index (χ0n) is 17.9. The number of rotatable bonds is 7. The van der Waals surface area contributed by atoms with Gasteiger partial charge in [-0.2, -0.15) is 0 Å². The molecule has 1 aromatic carbocycles. The van der Waals surface area contributed by atoms with Crippen LogP contribution in [0.25, 0.3) is 0 Å². The Morgan fingerprint density at radius 1 is 1.25 bits per heavy atom. The van der Waals surface area contributed by atoms with Crippen LogP contribution >= 0.6 is 0 Å². The quantitative estimate of drug-likeness (QED) is 0.625. The largest absolute Gasteiger partial charge is 0.394 e. The highest BCUT2D eigenvalue weighted by atomic mass is 16.3. The van der Waals surface area contributed by atoms with Gasteiger partial charge in [0.05, 0.1) is 12.6 Å². The average Bonchev–Trinajstić information content (AvgIpc) is 3.09. The monoisotopic (exact) mass is 387 g/mol. The predicted octanol–water partition coefficient (Wildman–Crippen LogP) is 3.66. The lowest BCUT2D eigenvalue weighted by Gasteiger charge is -2.33. The number of aliphatic hydroxyl groups excluding tert-OH is 1. The van der Waals surface area contributed by atoms with Gasteiger partial charge < -0.3 is 20.6 Å². The third-order valence-corrected chi connectivity index (χ3v) is 6.38. The summed E-state index contributed by atoms with van der Waals surface area (Å²) in [6.45, 7) is 7.28. The molecule has 0 aliphatic carbocycles. The zero-order chi connectivity index (χ0) is 20.3. The highest BCUT2D eigenvalue weighted by molar-refractivity contribution is 5.87. The Morgan fingerprint density at radius 2 is 2.04 bits per heavy atom. The number of carbonyl (C=O) groups excluding carboxylic acids is 1. The minimum atomic E-state index is -0.243. The van der Waals surface area contributed by atoms with Gasteiger partial charge in [-0.15, -0.1) is 0 Å². The molecular formula is C23H37N3O2. The van der Waals surface area contributed by atoms with Crippen molar-refractivity contribution in [2.45, 2.75) is 77.3 Å². The number of likely N-dealkylation sites (N-methyl/N-ethyl adjacent to an activating group) is 1. The summed E-state index contributed by atoms with van der Waals surface area (Å²) in [4.78, 5) is 15.1. The van der Waals surface area contributed by atoms with Crippen molar-refractivity contribution in [2.75, 3.05) is 30.4 Å². The van der Waals surface area contributed by atoms with E-state index in [-0.39, 0.29) is 30.5 Å². The van der Waals surface area contributed by atoms with Crippen molar-refractivity contribution in [3.63, 3.8) is 0 Å². The SMILES string of the molecule is CCCCCCc1ccc2c3c1NC[C@H]3C[C@@H](CO)NC(=O)[C@H](C(C)C)N2C. The number of anilines is 2. The van der Waals surface area contributed by atoms with Crippen LogP contribution in [0.1, 0.15) is 69.9 Å². The number of carbonyl (C=O) groups is 1. The maximum atomic E-state index is 13.0. The molecule has 5 heteroatoms. The lowest BCUT2D eigenvalue weighted by molar-refractivity contribution is -0.124. The Morgan fingerprint density at radius 3 is 2.71 bits per heavy atom. The minimum Gasteiger partial charge on any atom is -0.394 e. The van der Waals surface area contributed by atoms with Gasteiger partial charge in [-0.3, -0.25) is 4.79 Å². The van der Waals surface area contributed by atoms with E-state index in [9.17, 15) is 9.90 Å². The molecule has 3 rings (SSSR count). The molecule has 1 amide bonds. The smallest absolute Gasteiger partial charge is 0.243 e. The highest BCUT2D eigenvalue weighted by Gasteiger charge is 2.37. The topological polar surface area (TPSA) is 64.6 Å². The molecule has 0 spiro atoms. The molecular weight excluding hydrogens is 350 g/mol. The van der Waals surface area contributed by atoms with Gasteiger partial charge in [0.2, 0.25) is 5.91 Å². The molecule has 1 aromatic rings. The van der Waals surface area contributed by atoms with Gasteiger partial charge in [-0.1, -0.05) is 46.1 Å². The summed E-state index contributed by atoms with van der Waals surface area (Å²) in [6.07, 6.45) is 6.91. The van der Waals surface area contributed by atoms with Gasteiger partial charge in [-0.05, 0) is 36.8 Å². The van der Waals surface area contributed by atoms with Crippen molar-refractivity contribution < 1.29 is 9.90 Å². The van der Waals surface area contributed by atoms with Crippen molar-refractivity contribution >= 4 is 17.3 Å². The molecule has 3 N–H and O–H groups in total. The lowest BCUT2D eigenvalue weighted by atomic mass is 9.90. The fourth-order valence-corrected chi connectivity index (χ4v) is 4.95. The molecule has 156 valence electrons.